The number of carbonyl (C=O) groups is 1. The lowest BCUT2D eigenvalue weighted by Crippen LogP contribution is -2.44. The van der Waals surface area contributed by atoms with Gasteiger partial charge in [-0.3, -0.25) is 9.36 Å². The van der Waals surface area contributed by atoms with Gasteiger partial charge in [0, 0.05) is 51.3 Å². The average molecular weight is 1090 g/mol. The number of para-hydroxylation sites is 1. The van der Waals surface area contributed by atoms with Gasteiger partial charge in [-0.1, -0.05) is 115 Å². The first-order chi connectivity index (χ1) is 38.3. The minimum Gasteiger partial charge on any atom is -0.497 e. The quantitative estimate of drug-likeness (QED) is 0.00776. The van der Waals surface area contributed by atoms with Crippen molar-refractivity contribution in [3.8, 4) is 47.1 Å². The van der Waals surface area contributed by atoms with E-state index in [2.05, 4.69) is 68.0 Å². The Morgan fingerprint density at radius 2 is 1.56 bits per heavy atom. The molecule has 5 aromatic rings. The number of allylic oxidation sites excluding steroid dienone is 2. The fourth-order valence-corrected chi connectivity index (χ4v) is 11.0. The van der Waals surface area contributed by atoms with Gasteiger partial charge < -0.3 is 53.0 Å². The third-order valence-electron chi connectivity index (χ3n) is 13.0. The lowest BCUT2D eigenvalue weighted by Gasteiger charge is -2.40. The highest BCUT2D eigenvalue weighted by atomic mass is 31.2. The molecule has 0 spiro atoms. The summed E-state index contributed by atoms with van der Waals surface area (Å²) in [4.78, 5) is 27.2. The molecule has 0 saturated carbocycles. The topological polar surface area (TPSA) is 157 Å². The minimum atomic E-state index is -1.77. The zero-order valence-electron chi connectivity index (χ0n) is 47.4. The summed E-state index contributed by atoms with van der Waals surface area (Å²) in [5.41, 5.74) is 7.69. The van der Waals surface area contributed by atoms with E-state index in [1.54, 1.807) is 51.9 Å². The molecular weight excluding hydrogens is 1020 g/mol. The molecule has 1 aromatic heterocycles. The Morgan fingerprint density at radius 1 is 0.899 bits per heavy atom. The smallest absolute Gasteiger partial charge is 0.262 e. The molecule has 1 saturated heterocycles. The van der Waals surface area contributed by atoms with E-state index >= 15 is 0 Å². The number of hydrogen-bond donors (Lipinski definition) is 1. The molecule has 16 nitrogen and oxygen atoms in total. The number of methoxy groups -OCH3 is 3. The van der Waals surface area contributed by atoms with Gasteiger partial charge in [0.25, 0.3) is 14.4 Å². The van der Waals surface area contributed by atoms with Gasteiger partial charge in [0.1, 0.15) is 35.4 Å². The second-order valence-corrected chi connectivity index (χ2v) is 20.6. The second-order valence-electron chi connectivity index (χ2n) is 19.2. The Bertz CT molecular complexity index is 2920. The van der Waals surface area contributed by atoms with E-state index in [-0.39, 0.29) is 44.5 Å². The van der Waals surface area contributed by atoms with E-state index < -0.39 is 44.6 Å². The number of rotatable bonds is 27. The number of hydrogen-bond acceptors (Lipinski definition) is 13. The summed E-state index contributed by atoms with van der Waals surface area (Å²) in [5.74, 6) is 17.0. The maximum atomic E-state index is 13.8. The maximum Gasteiger partial charge on any atom is 0.262 e. The Hall–Kier alpha value is -7.16. The van der Waals surface area contributed by atoms with Crippen molar-refractivity contribution in [3.05, 3.63) is 156 Å². The molecule has 0 aliphatic carbocycles. The van der Waals surface area contributed by atoms with Crippen molar-refractivity contribution in [2.75, 3.05) is 54.9 Å². The summed E-state index contributed by atoms with van der Waals surface area (Å²) in [6.45, 7) is 14.8. The predicted octanol–water partition coefficient (Wildman–Crippen LogP) is 9.98. The molecule has 1 aliphatic rings. The van der Waals surface area contributed by atoms with Gasteiger partial charge in [-0.25, -0.2) is 14.6 Å². The van der Waals surface area contributed by atoms with Crippen molar-refractivity contribution in [1.29, 1.82) is 0 Å². The Labute approximate surface area is 469 Å². The highest BCUT2D eigenvalue weighted by molar-refractivity contribution is 7.44. The summed E-state index contributed by atoms with van der Waals surface area (Å²) in [5, 5.41) is 0. The van der Waals surface area contributed by atoms with Crippen molar-refractivity contribution in [1.82, 2.24) is 24.0 Å². The van der Waals surface area contributed by atoms with E-state index in [4.69, 9.17) is 53.2 Å². The Kier molecular flexibility index (Phi) is 23.8. The number of aliphatic imine (C=N–C) groups is 1. The van der Waals surface area contributed by atoms with Crippen LogP contribution in [0.2, 0.25) is 0 Å². The zero-order valence-corrected chi connectivity index (χ0v) is 48.3. The molecule has 0 radical (unpaired) electrons. The number of nitrogens with two attached hydrogens (primary N) is 1. The van der Waals surface area contributed by atoms with Crippen LogP contribution in [0.5, 0.6) is 11.5 Å². The maximum absolute atomic E-state index is 13.8. The number of imidazole rings is 1. The second kappa shape index (κ2) is 30.8. The number of ether oxygens (including phenoxy) is 6. The van der Waals surface area contributed by atoms with Crippen molar-refractivity contribution in [2.24, 2.45) is 16.6 Å². The number of benzene rings is 4. The van der Waals surface area contributed by atoms with Crippen molar-refractivity contribution in [3.63, 3.8) is 0 Å². The first-order valence-electron chi connectivity index (χ1n) is 26.3. The van der Waals surface area contributed by atoms with Gasteiger partial charge in [0.15, 0.2) is 24.4 Å². The molecule has 418 valence electrons. The number of nitrogens with zero attached hydrogens (tertiary/aromatic N) is 6. The highest BCUT2D eigenvalue weighted by Gasteiger charge is 2.52. The zero-order chi connectivity index (χ0) is 56.7. The Balaban J connectivity index is 1.41. The molecule has 0 bridgehead atoms. The van der Waals surface area contributed by atoms with Gasteiger partial charge in [-0.05, 0) is 95.3 Å². The molecule has 2 N–H and O–H groups in total. The standard InChI is InChI=1S/C62H76N7O9P/c1-12-25-53(71-9)33-24-26-48(6)62(51-29-18-14-19-30-51,52-34-36-54(72-10)37-35-52)75-41-56-58(78-79(76-39-23-22-38-63)69(46(2)3)47(4)5)59(73-11)61(77-56)68-44-64-49(7)60(68)65-43-66(8)45-67(40-50-27-16-13-17-28-50)57(70)42-74-55-31-20-15-21-32-55/h13-21,27-37,43-44,46-48,56,58-59,61H,23,39-42,45,63H2,1-11H3/b53-33+,65-43-/t48?,56-,58?,59?,61-,62?,79?/m1/s1. The van der Waals surface area contributed by atoms with Crippen LogP contribution in [-0.2, 0) is 44.9 Å². The van der Waals surface area contributed by atoms with E-state index in [1.165, 1.54) is 0 Å². The largest absolute Gasteiger partial charge is 0.497 e. The molecule has 7 atom stereocenters. The number of aryl methyl sites for hydroxylation is 1. The molecule has 1 amide bonds. The molecule has 6 rings (SSSR count). The van der Waals surface area contributed by atoms with E-state index in [0.717, 1.165) is 16.7 Å². The fraction of sp³-hybridized carbons (Fsp3) is 0.403. The van der Waals surface area contributed by atoms with Gasteiger partial charge in [0.2, 0.25) is 0 Å². The SMILES string of the molecule is CC#C/C(=C\C#CC(C)C(OC[C@H]1O[C@@H](n2cnc(C)c2/N=C\N(C)CN(Cc2ccccc2)C(=O)COc2ccccc2)C(OC)C1OP(OCCC#CN)N(C(C)C)C(C)C)(c1ccccc1)c1ccc(OC)cc1)OC. The van der Waals surface area contributed by atoms with Crippen molar-refractivity contribution >= 4 is 26.6 Å². The van der Waals surface area contributed by atoms with E-state index in [1.807, 2.05) is 146 Å². The van der Waals surface area contributed by atoms with Crippen LogP contribution in [0.3, 0.4) is 0 Å². The van der Waals surface area contributed by atoms with Crippen molar-refractivity contribution in [2.45, 2.75) is 104 Å². The van der Waals surface area contributed by atoms with Crippen LogP contribution in [0.1, 0.15) is 76.6 Å². The molecule has 4 aromatic carbocycles. The van der Waals surface area contributed by atoms with Crippen LogP contribution in [0.15, 0.2) is 138 Å². The minimum absolute atomic E-state index is 0.00605. The predicted molar refractivity (Wildman–Crippen MR) is 309 cm³/mol. The van der Waals surface area contributed by atoms with Gasteiger partial charge in [-0.2, -0.15) is 0 Å². The van der Waals surface area contributed by atoms with Gasteiger partial charge in [-0.15, -0.1) is 0 Å². The van der Waals surface area contributed by atoms with E-state index in [0.29, 0.717) is 41.7 Å². The molecule has 79 heavy (non-hydrogen) atoms. The average Bonchev–Trinajstić information content (AvgIpc) is 4.11. The summed E-state index contributed by atoms with van der Waals surface area (Å²) < 4.78 is 56.2. The van der Waals surface area contributed by atoms with Crippen molar-refractivity contribution < 1.29 is 42.3 Å². The molecule has 17 heteroatoms. The highest BCUT2D eigenvalue weighted by Crippen LogP contribution is 2.51. The summed E-state index contributed by atoms with van der Waals surface area (Å²) >= 11 is 0. The first-order valence-corrected chi connectivity index (χ1v) is 27.4. The summed E-state index contributed by atoms with van der Waals surface area (Å²) in [6.07, 6.45) is 2.29. The summed E-state index contributed by atoms with van der Waals surface area (Å²) in [6, 6.07) is 39.5. The number of carbonyl (C=O) groups excluding carboxylic acids is 1. The number of amides is 1. The van der Waals surface area contributed by atoms with Gasteiger partial charge in [0.05, 0.1) is 58.4 Å². The first kappa shape index (κ1) is 61.1. The fourth-order valence-electron chi connectivity index (χ4n) is 9.25. The molecule has 2 heterocycles. The van der Waals surface area contributed by atoms with Crippen LogP contribution in [0.25, 0.3) is 0 Å². The molecule has 1 aliphatic heterocycles. The van der Waals surface area contributed by atoms with Crippen LogP contribution in [0, 0.1) is 48.5 Å². The third kappa shape index (κ3) is 16.5. The van der Waals surface area contributed by atoms with Gasteiger partial charge >= 0.3 is 0 Å². The van der Waals surface area contributed by atoms with Crippen LogP contribution in [-0.4, -0.2) is 122 Å². The van der Waals surface area contributed by atoms with Crippen LogP contribution < -0.4 is 15.2 Å². The monoisotopic (exact) mass is 1090 g/mol. The lowest BCUT2D eigenvalue weighted by molar-refractivity contribution is -0.135. The normalized spacial score (nSPS) is 17.7. The van der Waals surface area contributed by atoms with Crippen LogP contribution >= 0.6 is 8.53 Å². The summed E-state index contributed by atoms with van der Waals surface area (Å²) in [7, 11) is 4.93. The third-order valence-corrected chi connectivity index (χ3v) is 15.1. The molecule has 1 fully saturated rings. The number of aromatic nitrogens is 2. The lowest BCUT2D eigenvalue weighted by atomic mass is 9.76. The molecular formula is C62H76N7O9P. The van der Waals surface area contributed by atoms with E-state index in [9.17, 15) is 4.79 Å². The molecule has 5 unspecified atom stereocenters. The Morgan fingerprint density at radius 3 is 2.18 bits per heavy atom. The van der Waals surface area contributed by atoms with Crippen LogP contribution in [0.4, 0.5) is 5.82 Å².